The van der Waals surface area contributed by atoms with E-state index in [1.807, 2.05) is 13.8 Å². The molecular formula is C26H38FN7O5. The molecule has 1 saturated heterocycles. The van der Waals surface area contributed by atoms with E-state index >= 15 is 0 Å². The van der Waals surface area contributed by atoms with E-state index in [9.17, 15) is 19.1 Å². The van der Waals surface area contributed by atoms with E-state index in [0.717, 1.165) is 5.12 Å². The third-order valence-electron chi connectivity index (χ3n) is 5.15. The number of nitrogens with one attached hydrogen (secondary N) is 1. The second-order valence-electron chi connectivity index (χ2n) is 9.33. The van der Waals surface area contributed by atoms with Gasteiger partial charge in [-0.3, -0.25) is 9.88 Å². The fourth-order valence-electron chi connectivity index (χ4n) is 3.42. The number of halogens is 1. The van der Waals surface area contributed by atoms with Crippen molar-refractivity contribution in [2.75, 3.05) is 31.1 Å². The van der Waals surface area contributed by atoms with Gasteiger partial charge in [0.2, 0.25) is 0 Å². The van der Waals surface area contributed by atoms with Crippen molar-refractivity contribution in [3.8, 4) is 11.1 Å². The van der Waals surface area contributed by atoms with Crippen molar-refractivity contribution < 1.29 is 28.6 Å². The summed E-state index contributed by atoms with van der Waals surface area (Å²) in [6.07, 6.45) is 0.165. The first-order chi connectivity index (χ1) is 18.5. The molecule has 2 amide bonds. The molecule has 0 bridgehead atoms. The Morgan fingerprint density at radius 1 is 1.33 bits per heavy atom. The molecule has 1 fully saturated rings. The van der Waals surface area contributed by atoms with Crippen LogP contribution in [0.5, 0.6) is 0 Å². The number of amides is 2. The van der Waals surface area contributed by atoms with E-state index in [0.29, 0.717) is 36.5 Å². The van der Waals surface area contributed by atoms with Gasteiger partial charge in [-0.05, 0) is 51.5 Å². The Morgan fingerprint density at radius 3 is 2.62 bits per heavy atom. The van der Waals surface area contributed by atoms with Gasteiger partial charge in [0.1, 0.15) is 23.2 Å². The Kier molecular flexibility index (Phi) is 11.4. The number of rotatable bonds is 9. The summed E-state index contributed by atoms with van der Waals surface area (Å²) < 4.78 is 25.0. The van der Waals surface area contributed by atoms with Crippen LogP contribution in [0.25, 0.3) is 11.1 Å². The summed E-state index contributed by atoms with van der Waals surface area (Å²) in [5, 5.41) is 17.0. The van der Waals surface area contributed by atoms with Crippen molar-refractivity contribution in [1.29, 1.82) is 0 Å². The maximum absolute atomic E-state index is 14.8. The number of aromatic nitrogens is 1. The molecule has 3 rings (SSSR count). The van der Waals surface area contributed by atoms with E-state index < -0.39 is 29.7 Å². The Hall–Kier alpha value is -3.97. The molecule has 12 nitrogen and oxygen atoms in total. The van der Waals surface area contributed by atoms with Crippen LogP contribution in [-0.2, 0) is 9.47 Å². The van der Waals surface area contributed by atoms with Crippen LogP contribution in [0, 0.1) is 5.82 Å². The maximum Gasteiger partial charge on any atom is 0.414 e. The highest BCUT2D eigenvalue weighted by Crippen LogP contribution is 2.28. The monoisotopic (exact) mass is 547 g/mol. The largest absolute Gasteiger partial charge is 0.444 e. The molecule has 0 aliphatic carbocycles. The number of ether oxygens (including phenoxy) is 2. The lowest BCUT2D eigenvalue weighted by atomic mass is 10.1. The number of anilines is 1. The summed E-state index contributed by atoms with van der Waals surface area (Å²) in [6.45, 7) is 9.83. The first-order valence-corrected chi connectivity index (χ1v) is 12.7. The van der Waals surface area contributed by atoms with Gasteiger partial charge in [-0.1, -0.05) is 19.9 Å². The van der Waals surface area contributed by atoms with Gasteiger partial charge in [-0.25, -0.2) is 24.9 Å². The second-order valence-corrected chi connectivity index (χ2v) is 9.33. The highest BCUT2D eigenvalue weighted by molar-refractivity contribution is 5.95. The standard InChI is InChI=1S/C24H32FN7O5.C2H6/c1-24(2,3)37-22(34)28-9-4-10-32(27)30-21(26)20-8-5-15(12-29-20)18-7-6-16(11-19(18)25)31-13-17(14-33)36-23(31)35;1-2/h5-8,11-12,17,33H,4,9-10,13-14,27H2,1-3H3,(H2,26,30)(H,28,34);1-2H3. The summed E-state index contributed by atoms with van der Waals surface area (Å²) in [4.78, 5) is 29.1. The number of nitrogens with two attached hydrogens (primary N) is 2. The lowest BCUT2D eigenvalue weighted by molar-refractivity contribution is 0.0525. The molecule has 214 valence electrons. The number of hydrogen-bond acceptors (Lipinski definition) is 9. The van der Waals surface area contributed by atoms with Crippen molar-refractivity contribution in [3.63, 3.8) is 0 Å². The minimum absolute atomic E-state index is 0.0657. The van der Waals surface area contributed by atoms with Crippen LogP contribution in [0.1, 0.15) is 46.7 Å². The third-order valence-corrected chi connectivity index (χ3v) is 5.15. The molecule has 1 unspecified atom stereocenters. The highest BCUT2D eigenvalue weighted by Gasteiger charge is 2.32. The molecule has 1 aliphatic rings. The summed E-state index contributed by atoms with van der Waals surface area (Å²) in [5.41, 5.74) is 6.87. The maximum atomic E-state index is 14.8. The number of hydrazine groups is 1. The predicted octanol–water partition coefficient (Wildman–Crippen LogP) is 2.94. The first kappa shape index (κ1) is 31.2. The van der Waals surface area contributed by atoms with Gasteiger partial charge in [0, 0.05) is 23.9 Å². The van der Waals surface area contributed by atoms with Crippen LogP contribution in [0.3, 0.4) is 0 Å². The summed E-state index contributed by atoms with van der Waals surface area (Å²) in [5.74, 6) is 5.37. The number of hydrazone groups is 1. The molecule has 39 heavy (non-hydrogen) atoms. The predicted molar refractivity (Wildman–Crippen MR) is 146 cm³/mol. The normalized spacial score (nSPS) is 15.3. The average molecular weight is 548 g/mol. The number of amidine groups is 1. The molecule has 0 spiro atoms. The number of nitrogens with zero attached hydrogens (tertiary/aromatic N) is 4. The Morgan fingerprint density at radius 2 is 2.05 bits per heavy atom. The number of cyclic esters (lactones) is 1. The number of alkyl carbamates (subject to hydrolysis) is 1. The first-order valence-electron chi connectivity index (χ1n) is 12.7. The van der Waals surface area contributed by atoms with Crippen LogP contribution >= 0.6 is 0 Å². The van der Waals surface area contributed by atoms with E-state index in [1.54, 1.807) is 39.0 Å². The highest BCUT2D eigenvalue weighted by atomic mass is 19.1. The topological polar surface area (TPSA) is 169 Å². The number of aliphatic hydroxyl groups is 1. The number of pyridine rings is 1. The van der Waals surface area contributed by atoms with E-state index in [-0.39, 0.29) is 24.6 Å². The van der Waals surface area contributed by atoms with E-state index in [2.05, 4.69) is 15.4 Å². The molecule has 1 aromatic heterocycles. The van der Waals surface area contributed by atoms with Gasteiger partial charge in [0.25, 0.3) is 0 Å². The fraction of sp³-hybridized carbons (Fsp3) is 0.462. The Labute approximate surface area is 227 Å². The lowest BCUT2D eigenvalue weighted by Crippen LogP contribution is -2.35. The van der Waals surface area contributed by atoms with Crippen LogP contribution in [0.2, 0.25) is 0 Å². The zero-order valence-corrected chi connectivity index (χ0v) is 23.0. The smallest absolute Gasteiger partial charge is 0.414 e. The zero-order valence-electron chi connectivity index (χ0n) is 23.0. The number of carbonyl (C=O) groups excluding carboxylic acids is 2. The lowest BCUT2D eigenvalue weighted by Gasteiger charge is -2.20. The van der Waals surface area contributed by atoms with Crippen LogP contribution in [-0.4, -0.2) is 71.2 Å². The van der Waals surface area contributed by atoms with Gasteiger partial charge in [0.05, 0.1) is 25.4 Å². The van der Waals surface area contributed by atoms with E-state index in [4.69, 9.17) is 21.1 Å². The summed E-state index contributed by atoms with van der Waals surface area (Å²) >= 11 is 0. The molecule has 1 aromatic carbocycles. The van der Waals surface area contributed by atoms with Gasteiger partial charge >= 0.3 is 12.2 Å². The van der Waals surface area contributed by atoms with Crippen LogP contribution < -0.4 is 21.8 Å². The van der Waals surface area contributed by atoms with Crippen molar-refractivity contribution >= 4 is 23.7 Å². The summed E-state index contributed by atoms with van der Waals surface area (Å²) in [6, 6.07) is 7.58. The molecule has 2 aromatic rings. The summed E-state index contributed by atoms with van der Waals surface area (Å²) in [7, 11) is 0. The molecule has 0 saturated carbocycles. The van der Waals surface area contributed by atoms with Crippen molar-refractivity contribution in [1.82, 2.24) is 15.4 Å². The SMILES string of the molecule is CC.CC(C)(C)OC(=O)NCCCN(N)/N=C(\N)c1ccc(-c2ccc(N3CC(CO)OC3=O)cc2F)cn1. The van der Waals surface area contributed by atoms with Crippen molar-refractivity contribution in [2.45, 2.75) is 52.7 Å². The number of carbonyl (C=O) groups is 2. The van der Waals surface area contributed by atoms with Crippen molar-refractivity contribution in [3.05, 3.63) is 48.0 Å². The fourth-order valence-corrected chi connectivity index (χ4v) is 3.42. The minimum atomic E-state index is -0.641. The molecule has 1 atom stereocenters. The van der Waals surface area contributed by atoms with Crippen LogP contribution in [0.15, 0.2) is 41.6 Å². The van der Waals surface area contributed by atoms with Gasteiger partial charge in [-0.15, -0.1) is 5.10 Å². The molecule has 6 N–H and O–H groups in total. The van der Waals surface area contributed by atoms with Crippen molar-refractivity contribution in [2.24, 2.45) is 16.7 Å². The molecule has 1 aliphatic heterocycles. The quantitative estimate of drug-likeness (QED) is 0.121. The third kappa shape index (κ3) is 9.37. The van der Waals surface area contributed by atoms with Gasteiger partial charge < -0.3 is 25.6 Å². The zero-order chi connectivity index (χ0) is 29.2. The number of aliphatic hydroxyl groups excluding tert-OH is 1. The molecule has 13 heteroatoms. The average Bonchev–Trinajstić information content (AvgIpc) is 3.27. The van der Waals surface area contributed by atoms with Gasteiger partial charge in [-0.2, -0.15) is 0 Å². The second kappa shape index (κ2) is 14.3. The minimum Gasteiger partial charge on any atom is -0.444 e. The number of hydrogen-bond donors (Lipinski definition) is 4. The molecule has 0 radical (unpaired) electrons. The Balaban J connectivity index is 0.00000260. The molecular weight excluding hydrogens is 509 g/mol. The molecule has 2 heterocycles. The van der Waals surface area contributed by atoms with E-state index in [1.165, 1.54) is 23.2 Å². The Bertz CT molecular complexity index is 1140. The number of benzene rings is 1. The van der Waals surface area contributed by atoms with Crippen LogP contribution in [0.4, 0.5) is 19.7 Å². The van der Waals surface area contributed by atoms with Gasteiger partial charge in [0.15, 0.2) is 5.84 Å².